The number of nitrogens with one attached hydrogen (secondary N) is 1. The van der Waals surface area contributed by atoms with Crippen molar-refractivity contribution in [2.24, 2.45) is 7.05 Å². The van der Waals surface area contributed by atoms with E-state index in [1.54, 1.807) is 37.4 Å². The molecule has 0 aliphatic heterocycles. The Hall–Kier alpha value is -3.41. The van der Waals surface area contributed by atoms with Gasteiger partial charge in [0.1, 0.15) is 5.69 Å². The number of hydrogen-bond acceptors (Lipinski definition) is 3. The number of aliphatic carboxylic acids is 1. The molecule has 6 nitrogen and oxygen atoms in total. The summed E-state index contributed by atoms with van der Waals surface area (Å²) in [5.41, 5.74) is 3.38. The van der Waals surface area contributed by atoms with E-state index >= 15 is 0 Å². The molecular formula is C19H17N3O3. The maximum atomic E-state index is 12.5. The van der Waals surface area contributed by atoms with E-state index in [0.717, 1.165) is 11.3 Å². The highest BCUT2D eigenvalue weighted by molar-refractivity contribution is 6.03. The van der Waals surface area contributed by atoms with E-state index in [9.17, 15) is 9.59 Å². The first-order chi connectivity index (χ1) is 12.0. The molecule has 1 aromatic heterocycles. The molecule has 2 aromatic carbocycles. The van der Waals surface area contributed by atoms with Gasteiger partial charge >= 0.3 is 5.97 Å². The molecule has 126 valence electrons. The molecular weight excluding hydrogens is 318 g/mol. The number of carbonyl (C=O) groups is 2. The number of aromatic nitrogens is 2. The van der Waals surface area contributed by atoms with Crippen molar-refractivity contribution >= 4 is 17.6 Å². The highest BCUT2D eigenvalue weighted by atomic mass is 16.4. The third-order valence-corrected chi connectivity index (χ3v) is 3.75. The molecule has 25 heavy (non-hydrogen) atoms. The maximum Gasteiger partial charge on any atom is 0.307 e. The van der Waals surface area contributed by atoms with Crippen molar-refractivity contribution in [3.05, 3.63) is 71.9 Å². The molecule has 0 unspecified atom stereocenters. The summed E-state index contributed by atoms with van der Waals surface area (Å²) in [5.74, 6) is -1.16. The average molecular weight is 335 g/mol. The lowest BCUT2D eigenvalue weighted by Crippen LogP contribution is -2.16. The lowest BCUT2D eigenvalue weighted by Gasteiger charge is -2.06. The Balaban J connectivity index is 1.75. The molecule has 1 amide bonds. The first-order valence-electron chi connectivity index (χ1n) is 7.74. The topological polar surface area (TPSA) is 84.2 Å². The van der Waals surface area contributed by atoms with Crippen LogP contribution in [0.4, 0.5) is 5.69 Å². The summed E-state index contributed by atoms with van der Waals surface area (Å²) < 4.78 is 1.54. The van der Waals surface area contributed by atoms with Gasteiger partial charge in [-0.2, -0.15) is 5.10 Å². The number of aryl methyl sites for hydroxylation is 1. The quantitative estimate of drug-likeness (QED) is 0.751. The number of hydrogen-bond donors (Lipinski definition) is 2. The zero-order chi connectivity index (χ0) is 17.8. The second kappa shape index (κ2) is 7.00. The fraction of sp³-hybridized carbons (Fsp3) is 0.105. The summed E-state index contributed by atoms with van der Waals surface area (Å²) in [6.45, 7) is 0. The van der Waals surface area contributed by atoms with Crippen LogP contribution in [-0.2, 0) is 18.3 Å². The van der Waals surface area contributed by atoms with Crippen molar-refractivity contribution in [2.75, 3.05) is 5.32 Å². The fourth-order valence-electron chi connectivity index (χ4n) is 2.51. The summed E-state index contributed by atoms with van der Waals surface area (Å²) >= 11 is 0. The third-order valence-electron chi connectivity index (χ3n) is 3.75. The summed E-state index contributed by atoms with van der Waals surface area (Å²) in [6.07, 6.45) is -0.0452. The van der Waals surface area contributed by atoms with Gasteiger partial charge in [-0.05, 0) is 23.8 Å². The van der Waals surface area contributed by atoms with Gasteiger partial charge < -0.3 is 10.4 Å². The minimum Gasteiger partial charge on any atom is -0.481 e. The molecule has 3 aromatic rings. The molecule has 0 bridgehead atoms. The number of carbonyl (C=O) groups excluding carboxylic acids is 1. The van der Waals surface area contributed by atoms with Gasteiger partial charge in [0.25, 0.3) is 5.91 Å². The molecule has 1 heterocycles. The Morgan fingerprint density at radius 1 is 1.08 bits per heavy atom. The molecule has 6 heteroatoms. The normalized spacial score (nSPS) is 10.4. The first-order valence-corrected chi connectivity index (χ1v) is 7.74. The third kappa shape index (κ3) is 3.92. The lowest BCUT2D eigenvalue weighted by atomic mass is 10.1. The van der Waals surface area contributed by atoms with Crippen LogP contribution < -0.4 is 5.32 Å². The van der Waals surface area contributed by atoms with Gasteiger partial charge in [-0.25, -0.2) is 0 Å². The Morgan fingerprint density at radius 2 is 1.76 bits per heavy atom. The Morgan fingerprint density at radius 3 is 2.40 bits per heavy atom. The SMILES string of the molecule is Cn1nc(-c2ccccc2)cc1C(=O)Nc1ccc(CC(=O)O)cc1. The molecule has 0 spiro atoms. The number of carboxylic acid groups (broad SMARTS) is 1. The van der Waals surface area contributed by atoms with Crippen molar-refractivity contribution in [3.8, 4) is 11.3 Å². The molecule has 0 atom stereocenters. The minimum atomic E-state index is -0.889. The lowest BCUT2D eigenvalue weighted by molar-refractivity contribution is -0.136. The summed E-state index contributed by atoms with van der Waals surface area (Å²) in [4.78, 5) is 23.2. The van der Waals surface area contributed by atoms with Crippen molar-refractivity contribution in [1.29, 1.82) is 0 Å². The van der Waals surface area contributed by atoms with Gasteiger partial charge in [0, 0.05) is 18.3 Å². The summed E-state index contributed by atoms with van der Waals surface area (Å²) in [7, 11) is 1.72. The molecule has 3 rings (SSSR count). The van der Waals surface area contributed by atoms with E-state index in [4.69, 9.17) is 5.11 Å². The maximum absolute atomic E-state index is 12.5. The Labute approximate surface area is 144 Å². The second-order valence-electron chi connectivity index (χ2n) is 5.63. The highest BCUT2D eigenvalue weighted by Crippen LogP contribution is 2.19. The monoisotopic (exact) mass is 335 g/mol. The molecule has 0 saturated heterocycles. The first kappa shape index (κ1) is 16.4. The van der Waals surface area contributed by atoms with Crippen LogP contribution in [0.3, 0.4) is 0 Å². The fourth-order valence-corrected chi connectivity index (χ4v) is 2.51. The van der Waals surface area contributed by atoms with Crippen LogP contribution in [0.1, 0.15) is 16.1 Å². The van der Waals surface area contributed by atoms with Gasteiger partial charge in [0.15, 0.2) is 0 Å². The number of anilines is 1. The molecule has 0 aliphatic rings. The standard InChI is InChI=1S/C19H17N3O3/c1-22-17(12-16(21-22)14-5-3-2-4-6-14)19(25)20-15-9-7-13(8-10-15)11-18(23)24/h2-10,12H,11H2,1H3,(H,20,25)(H,23,24). The smallest absolute Gasteiger partial charge is 0.307 e. The van der Waals surface area contributed by atoms with Crippen LogP contribution >= 0.6 is 0 Å². The predicted octanol–water partition coefficient (Wildman–Crippen LogP) is 2.97. The molecule has 0 saturated carbocycles. The van der Waals surface area contributed by atoms with Crippen molar-refractivity contribution < 1.29 is 14.7 Å². The van der Waals surface area contributed by atoms with Crippen LogP contribution in [0.5, 0.6) is 0 Å². The molecule has 0 aliphatic carbocycles. The Kier molecular flexibility index (Phi) is 4.61. The van der Waals surface area contributed by atoms with E-state index in [1.165, 1.54) is 4.68 Å². The number of amides is 1. The van der Waals surface area contributed by atoms with Gasteiger partial charge in [-0.1, -0.05) is 42.5 Å². The minimum absolute atomic E-state index is 0.0452. The zero-order valence-corrected chi connectivity index (χ0v) is 13.6. The summed E-state index contributed by atoms with van der Waals surface area (Å²) in [6, 6.07) is 18.1. The number of rotatable bonds is 5. The van der Waals surface area contributed by atoms with E-state index in [1.807, 2.05) is 30.3 Å². The van der Waals surface area contributed by atoms with Crippen molar-refractivity contribution in [1.82, 2.24) is 9.78 Å². The number of carboxylic acids is 1. The molecule has 0 radical (unpaired) electrons. The molecule has 0 fully saturated rings. The van der Waals surface area contributed by atoms with Crippen LogP contribution in [0.25, 0.3) is 11.3 Å². The van der Waals surface area contributed by atoms with E-state index < -0.39 is 5.97 Å². The highest BCUT2D eigenvalue weighted by Gasteiger charge is 2.14. The summed E-state index contributed by atoms with van der Waals surface area (Å²) in [5, 5.41) is 16.0. The number of benzene rings is 2. The average Bonchev–Trinajstić information content (AvgIpc) is 2.99. The zero-order valence-electron chi connectivity index (χ0n) is 13.6. The second-order valence-corrected chi connectivity index (χ2v) is 5.63. The van der Waals surface area contributed by atoms with Crippen LogP contribution in [0.15, 0.2) is 60.7 Å². The van der Waals surface area contributed by atoms with Gasteiger partial charge in [-0.15, -0.1) is 0 Å². The molecule has 2 N–H and O–H groups in total. The van der Waals surface area contributed by atoms with Crippen LogP contribution in [-0.4, -0.2) is 26.8 Å². The van der Waals surface area contributed by atoms with E-state index in [2.05, 4.69) is 10.4 Å². The van der Waals surface area contributed by atoms with Gasteiger partial charge in [0.05, 0.1) is 12.1 Å². The van der Waals surface area contributed by atoms with Crippen molar-refractivity contribution in [2.45, 2.75) is 6.42 Å². The van der Waals surface area contributed by atoms with E-state index in [-0.39, 0.29) is 12.3 Å². The Bertz CT molecular complexity index is 899. The number of nitrogens with zero attached hydrogens (tertiary/aromatic N) is 2. The van der Waals surface area contributed by atoms with Gasteiger partial charge in [0.2, 0.25) is 0 Å². The van der Waals surface area contributed by atoms with Crippen LogP contribution in [0, 0.1) is 0 Å². The largest absolute Gasteiger partial charge is 0.481 e. The van der Waals surface area contributed by atoms with Crippen molar-refractivity contribution in [3.63, 3.8) is 0 Å². The van der Waals surface area contributed by atoms with E-state index in [0.29, 0.717) is 16.9 Å². The predicted molar refractivity (Wildman–Crippen MR) is 94.4 cm³/mol. The van der Waals surface area contributed by atoms with Crippen LogP contribution in [0.2, 0.25) is 0 Å². The van der Waals surface area contributed by atoms with Gasteiger partial charge in [-0.3, -0.25) is 14.3 Å².